The standard InChI is InChI=1S/C20H30N4O2.HI/c1-15-11-16(2)13-23(12-15)20(21-3)22-9-6-10-24-17-7-4-5-8-18(17)26-14-19(24)25;/h4-5,7-8,15-16H,6,9-14H2,1-3H3,(H,21,22);1H. The first-order valence-corrected chi connectivity index (χ1v) is 9.56. The van der Waals surface area contributed by atoms with E-state index in [0.717, 1.165) is 43.5 Å². The highest BCUT2D eigenvalue weighted by molar-refractivity contribution is 14.0. The van der Waals surface area contributed by atoms with Crippen molar-refractivity contribution in [2.45, 2.75) is 26.7 Å². The summed E-state index contributed by atoms with van der Waals surface area (Å²) in [6.07, 6.45) is 2.14. The molecule has 0 aromatic heterocycles. The highest BCUT2D eigenvalue weighted by Crippen LogP contribution is 2.31. The Bertz CT molecular complexity index is 657. The second kappa shape index (κ2) is 10.1. The summed E-state index contributed by atoms with van der Waals surface area (Å²) in [5.74, 6) is 3.16. The van der Waals surface area contributed by atoms with Gasteiger partial charge in [0.2, 0.25) is 0 Å². The number of carbonyl (C=O) groups is 1. The van der Waals surface area contributed by atoms with Crippen molar-refractivity contribution in [3.05, 3.63) is 24.3 Å². The predicted octanol–water partition coefficient (Wildman–Crippen LogP) is 2.97. The number of nitrogens with one attached hydrogen (secondary N) is 1. The topological polar surface area (TPSA) is 57.2 Å². The number of ether oxygens (including phenoxy) is 1. The Morgan fingerprint density at radius 2 is 1.96 bits per heavy atom. The smallest absolute Gasteiger partial charge is 0.265 e. The molecule has 2 heterocycles. The predicted molar refractivity (Wildman–Crippen MR) is 120 cm³/mol. The number of likely N-dealkylation sites (tertiary alicyclic amines) is 1. The molecule has 1 fully saturated rings. The average molecular weight is 486 g/mol. The van der Waals surface area contributed by atoms with E-state index in [-0.39, 0.29) is 36.5 Å². The van der Waals surface area contributed by atoms with Crippen LogP contribution in [0.5, 0.6) is 5.75 Å². The molecule has 6 nitrogen and oxygen atoms in total. The number of hydrogen-bond donors (Lipinski definition) is 1. The molecule has 0 radical (unpaired) electrons. The van der Waals surface area contributed by atoms with Gasteiger partial charge in [-0.1, -0.05) is 26.0 Å². The number of benzene rings is 1. The molecule has 2 atom stereocenters. The zero-order chi connectivity index (χ0) is 18.5. The van der Waals surface area contributed by atoms with Crippen molar-refractivity contribution in [1.29, 1.82) is 0 Å². The number of nitrogens with zero attached hydrogens (tertiary/aromatic N) is 3. The van der Waals surface area contributed by atoms with E-state index in [9.17, 15) is 4.79 Å². The summed E-state index contributed by atoms with van der Waals surface area (Å²) in [4.78, 5) is 20.8. The number of hydrogen-bond acceptors (Lipinski definition) is 3. The van der Waals surface area contributed by atoms with Crippen LogP contribution in [0.3, 0.4) is 0 Å². The third-order valence-corrected chi connectivity index (χ3v) is 5.03. The molecule has 1 aromatic carbocycles. The van der Waals surface area contributed by atoms with Gasteiger partial charge < -0.3 is 19.9 Å². The molecular weight excluding hydrogens is 455 g/mol. The van der Waals surface area contributed by atoms with Crippen molar-refractivity contribution in [3.8, 4) is 5.75 Å². The van der Waals surface area contributed by atoms with Crippen LogP contribution in [-0.4, -0.2) is 56.6 Å². The van der Waals surface area contributed by atoms with E-state index < -0.39 is 0 Å². The molecule has 1 saturated heterocycles. The fraction of sp³-hybridized carbons (Fsp3) is 0.600. The van der Waals surface area contributed by atoms with Gasteiger partial charge in [0.15, 0.2) is 12.6 Å². The molecule has 0 saturated carbocycles. The van der Waals surface area contributed by atoms with Crippen molar-refractivity contribution < 1.29 is 9.53 Å². The first-order valence-electron chi connectivity index (χ1n) is 9.56. The quantitative estimate of drug-likeness (QED) is 0.308. The number of halogens is 1. The Balaban J connectivity index is 0.00000261. The second-order valence-electron chi connectivity index (χ2n) is 7.48. The molecule has 7 heteroatoms. The summed E-state index contributed by atoms with van der Waals surface area (Å²) in [7, 11) is 1.84. The van der Waals surface area contributed by atoms with E-state index in [0.29, 0.717) is 18.4 Å². The van der Waals surface area contributed by atoms with Gasteiger partial charge in [0, 0.05) is 33.2 Å². The maximum absolute atomic E-state index is 12.2. The summed E-state index contributed by atoms with van der Waals surface area (Å²) in [6, 6.07) is 7.72. The van der Waals surface area contributed by atoms with Gasteiger partial charge in [0.25, 0.3) is 5.91 Å². The highest BCUT2D eigenvalue weighted by Gasteiger charge is 2.25. The Morgan fingerprint density at radius 3 is 2.67 bits per heavy atom. The minimum absolute atomic E-state index is 0. The minimum atomic E-state index is 0. The second-order valence-corrected chi connectivity index (χ2v) is 7.48. The van der Waals surface area contributed by atoms with Crippen LogP contribution < -0.4 is 15.0 Å². The van der Waals surface area contributed by atoms with Crippen LogP contribution >= 0.6 is 24.0 Å². The molecule has 1 N–H and O–H groups in total. The molecule has 0 bridgehead atoms. The summed E-state index contributed by atoms with van der Waals surface area (Å²) in [6.45, 7) is 8.30. The number of aliphatic imine (C=N–C) groups is 1. The number of amides is 1. The van der Waals surface area contributed by atoms with Crippen LogP contribution in [0, 0.1) is 11.8 Å². The maximum Gasteiger partial charge on any atom is 0.265 e. The maximum atomic E-state index is 12.2. The zero-order valence-corrected chi connectivity index (χ0v) is 18.8. The number of rotatable bonds is 4. The lowest BCUT2D eigenvalue weighted by atomic mass is 9.92. The first-order chi connectivity index (χ1) is 12.6. The SMILES string of the molecule is CN=C(NCCCN1C(=O)COc2ccccc21)N1CC(C)CC(C)C1.I. The van der Waals surface area contributed by atoms with Crippen molar-refractivity contribution >= 4 is 41.5 Å². The number of guanidine groups is 1. The Labute approximate surface area is 179 Å². The van der Waals surface area contributed by atoms with E-state index in [4.69, 9.17) is 4.74 Å². The highest BCUT2D eigenvalue weighted by atomic mass is 127. The van der Waals surface area contributed by atoms with E-state index in [1.807, 2.05) is 36.2 Å². The summed E-state index contributed by atoms with van der Waals surface area (Å²) in [5, 5.41) is 3.47. The molecule has 0 spiro atoms. The zero-order valence-electron chi connectivity index (χ0n) is 16.5. The average Bonchev–Trinajstić information content (AvgIpc) is 2.62. The van der Waals surface area contributed by atoms with Crippen LogP contribution in [-0.2, 0) is 4.79 Å². The number of carbonyl (C=O) groups excluding carboxylic acids is 1. The largest absolute Gasteiger partial charge is 0.482 e. The van der Waals surface area contributed by atoms with Crippen LogP contribution in [0.15, 0.2) is 29.3 Å². The molecule has 2 aliphatic heterocycles. The summed E-state index contributed by atoms with van der Waals surface area (Å²) >= 11 is 0. The van der Waals surface area contributed by atoms with E-state index in [2.05, 4.69) is 29.1 Å². The van der Waals surface area contributed by atoms with Crippen molar-refractivity contribution in [2.75, 3.05) is 44.7 Å². The summed E-state index contributed by atoms with van der Waals surface area (Å²) in [5.41, 5.74) is 0.867. The lowest BCUT2D eigenvalue weighted by Gasteiger charge is -2.37. The van der Waals surface area contributed by atoms with Gasteiger partial charge >= 0.3 is 0 Å². The molecule has 1 aromatic rings. The number of para-hydroxylation sites is 2. The van der Waals surface area contributed by atoms with Gasteiger partial charge in [0.05, 0.1) is 5.69 Å². The number of fused-ring (bicyclic) bond motifs is 1. The van der Waals surface area contributed by atoms with Crippen LogP contribution in [0.1, 0.15) is 26.7 Å². The van der Waals surface area contributed by atoms with Crippen LogP contribution in [0.2, 0.25) is 0 Å². The van der Waals surface area contributed by atoms with Gasteiger partial charge in [-0.3, -0.25) is 9.79 Å². The molecule has 27 heavy (non-hydrogen) atoms. The van der Waals surface area contributed by atoms with Gasteiger partial charge in [-0.25, -0.2) is 0 Å². The molecule has 3 rings (SSSR count). The fourth-order valence-corrected chi connectivity index (χ4v) is 4.00. The Hall–Kier alpha value is -1.51. The van der Waals surface area contributed by atoms with Crippen LogP contribution in [0.4, 0.5) is 5.69 Å². The molecule has 2 unspecified atom stereocenters. The first kappa shape index (κ1) is 21.8. The minimum Gasteiger partial charge on any atom is -0.482 e. The molecule has 0 aliphatic carbocycles. The Kier molecular flexibility index (Phi) is 8.19. The lowest BCUT2D eigenvalue weighted by Crippen LogP contribution is -2.49. The van der Waals surface area contributed by atoms with Gasteiger partial charge in [-0.15, -0.1) is 24.0 Å². The fourth-order valence-electron chi connectivity index (χ4n) is 4.00. The van der Waals surface area contributed by atoms with E-state index in [1.165, 1.54) is 6.42 Å². The van der Waals surface area contributed by atoms with Gasteiger partial charge in [-0.2, -0.15) is 0 Å². The van der Waals surface area contributed by atoms with Gasteiger partial charge in [-0.05, 0) is 36.8 Å². The van der Waals surface area contributed by atoms with Crippen molar-refractivity contribution in [2.24, 2.45) is 16.8 Å². The molecule has 1 amide bonds. The Morgan fingerprint density at radius 1 is 1.26 bits per heavy atom. The van der Waals surface area contributed by atoms with Crippen molar-refractivity contribution in [3.63, 3.8) is 0 Å². The molecule has 150 valence electrons. The number of anilines is 1. The third-order valence-electron chi connectivity index (χ3n) is 5.03. The van der Waals surface area contributed by atoms with Crippen molar-refractivity contribution in [1.82, 2.24) is 10.2 Å². The van der Waals surface area contributed by atoms with E-state index >= 15 is 0 Å². The molecular formula is C20H31IN4O2. The van der Waals surface area contributed by atoms with E-state index in [1.54, 1.807) is 0 Å². The molecule has 2 aliphatic rings. The lowest BCUT2D eigenvalue weighted by molar-refractivity contribution is -0.121. The summed E-state index contributed by atoms with van der Waals surface area (Å²) < 4.78 is 5.49. The third kappa shape index (κ3) is 5.49. The number of piperidine rings is 1. The normalized spacial score (nSPS) is 22.6. The monoisotopic (exact) mass is 486 g/mol. The van der Waals surface area contributed by atoms with Gasteiger partial charge in [0.1, 0.15) is 5.75 Å². The van der Waals surface area contributed by atoms with Crippen LogP contribution in [0.25, 0.3) is 0 Å².